The van der Waals surface area contributed by atoms with Crippen molar-refractivity contribution in [2.45, 2.75) is 75.9 Å². The zero-order valence-electron chi connectivity index (χ0n) is 21.5. The maximum absolute atomic E-state index is 14.2. The van der Waals surface area contributed by atoms with Gasteiger partial charge in [0.1, 0.15) is 23.0 Å². The molecular weight excluding hydrogens is 467 g/mol. The number of aliphatic imine (C=N–C) groups is 1. The fourth-order valence-corrected chi connectivity index (χ4v) is 6.19. The number of nitrogens with one attached hydrogen (secondary N) is 2. The van der Waals surface area contributed by atoms with Crippen LogP contribution in [0, 0.1) is 11.7 Å². The van der Waals surface area contributed by atoms with Crippen LogP contribution in [0.2, 0.25) is 0 Å². The van der Waals surface area contributed by atoms with E-state index >= 15 is 0 Å². The van der Waals surface area contributed by atoms with Crippen molar-refractivity contribution in [2.75, 3.05) is 29.9 Å². The third-order valence-electron chi connectivity index (χ3n) is 8.50. The SMILES string of the molecule is O=C1N=C(NC2CCCCC2)C2(CCN(Cc3cccnc3NCC3CC3)CC2)N1c1cccc(F)c1. The van der Waals surface area contributed by atoms with E-state index < -0.39 is 5.54 Å². The molecule has 0 bridgehead atoms. The lowest BCUT2D eigenvalue weighted by molar-refractivity contribution is 0.181. The number of carbonyl (C=O) groups excluding carboxylic acids is 1. The van der Waals surface area contributed by atoms with Crippen LogP contribution in [0.1, 0.15) is 63.4 Å². The van der Waals surface area contributed by atoms with E-state index in [1.54, 1.807) is 11.0 Å². The fourth-order valence-electron chi connectivity index (χ4n) is 6.19. The summed E-state index contributed by atoms with van der Waals surface area (Å²) in [7, 11) is 0. The smallest absolute Gasteiger partial charge is 0.350 e. The number of aromatic nitrogens is 1. The number of anilines is 2. The van der Waals surface area contributed by atoms with E-state index in [0.717, 1.165) is 69.4 Å². The Labute approximate surface area is 218 Å². The van der Waals surface area contributed by atoms with E-state index in [9.17, 15) is 9.18 Å². The van der Waals surface area contributed by atoms with Crippen LogP contribution in [0.25, 0.3) is 0 Å². The van der Waals surface area contributed by atoms with E-state index in [1.807, 2.05) is 18.3 Å². The number of amidine groups is 1. The molecular formula is C29H37FN6O. The third kappa shape index (κ3) is 5.21. The van der Waals surface area contributed by atoms with Crippen LogP contribution in [-0.2, 0) is 6.54 Å². The molecule has 1 aromatic carbocycles. The Kier molecular flexibility index (Phi) is 6.84. The molecule has 3 heterocycles. The summed E-state index contributed by atoms with van der Waals surface area (Å²) >= 11 is 0. The predicted octanol–water partition coefficient (Wildman–Crippen LogP) is 5.34. The van der Waals surface area contributed by atoms with Gasteiger partial charge >= 0.3 is 6.03 Å². The average molecular weight is 505 g/mol. The van der Waals surface area contributed by atoms with E-state index in [-0.39, 0.29) is 11.8 Å². The molecule has 1 spiro atoms. The van der Waals surface area contributed by atoms with Gasteiger partial charge < -0.3 is 10.6 Å². The summed E-state index contributed by atoms with van der Waals surface area (Å²) in [5.74, 6) is 2.21. The monoisotopic (exact) mass is 504 g/mol. The number of hydrogen-bond acceptors (Lipinski definition) is 5. The number of amides is 2. The van der Waals surface area contributed by atoms with Crippen LogP contribution < -0.4 is 15.5 Å². The molecule has 1 saturated heterocycles. The van der Waals surface area contributed by atoms with Gasteiger partial charge in [0.15, 0.2) is 0 Å². The molecule has 2 amide bonds. The maximum Gasteiger partial charge on any atom is 0.350 e. The minimum atomic E-state index is -0.569. The Morgan fingerprint density at radius 2 is 1.84 bits per heavy atom. The standard InChI is InChI=1S/C29H37FN6O/c30-23-7-4-10-25(18-23)36-28(37)34-27(33-24-8-2-1-3-9-24)29(36)13-16-35(17-14-29)20-22-6-5-15-31-26(22)32-19-21-11-12-21/h4-7,10,15,18,21,24H,1-3,8-9,11-14,16-17,19-20H2,(H,31,32)(H,33,34,37). The van der Waals surface area contributed by atoms with Crippen molar-refractivity contribution in [3.05, 3.63) is 54.0 Å². The summed E-state index contributed by atoms with van der Waals surface area (Å²) in [4.78, 5) is 26.7. The number of hydrogen-bond donors (Lipinski definition) is 2. The summed E-state index contributed by atoms with van der Waals surface area (Å²) in [5.41, 5.74) is 1.22. The Morgan fingerprint density at radius 3 is 2.59 bits per heavy atom. The Hall–Kier alpha value is -3.00. The van der Waals surface area contributed by atoms with E-state index in [2.05, 4.69) is 31.6 Å². The number of piperidine rings is 1. The van der Waals surface area contributed by atoms with Gasteiger partial charge in [0.2, 0.25) is 0 Å². The normalized spacial score (nSPS) is 22.4. The average Bonchev–Trinajstić information content (AvgIpc) is 3.70. The summed E-state index contributed by atoms with van der Waals surface area (Å²) in [6.45, 7) is 3.45. The molecule has 4 aliphatic rings. The number of urea groups is 1. The summed E-state index contributed by atoms with van der Waals surface area (Å²) in [5, 5.41) is 7.24. The van der Waals surface area contributed by atoms with Crippen molar-refractivity contribution >= 4 is 23.4 Å². The predicted molar refractivity (Wildman–Crippen MR) is 144 cm³/mol. The number of likely N-dealkylation sites (tertiary alicyclic amines) is 1. The minimum absolute atomic E-state index is 0.295. The first kappa shape index (κ1) is 24.3. The molecule has 196 valence electrons. The van der Waals surface area contributed by atoms with Gasteiger partial charge in [0.05, 0.1) is 0 Å². The molecule has 0 unspecified atom stereocenters. The number of nitrogens with zero attached hydrogens (tertiary/aromatic N) is 4. The highest BCUT2D eigenvalue weighted by Crippen LogP contribution is 2.40. The molecule has 2 aliphatic heterocycles. The fraction of sp³-hybridized carbons (Fsp3) is 0.552. The Bertz CT molecular complexity index is 1150. The van der Waals surface area contributed by atoms with Gasteiger partial charge in [0, 0.05) is 49.7 Å². The van der Waals surface area contributed by atoms with E-state index in [4.69, 9.17) is 0 Å². The first-order valence-corrected chi connectivity index (χ1v) is 14.0. The molecule has 3 fully saturated rings. The summed E-state index contributed by atoms with van der Waals surface area (Å²) in [6, 6.07) is 10.6. The molecule has 8 heteroatoms. The summed E-state index contributed by atoms with van der Waals surface area (Å²) in [6.07, 6.45) is 11.9. The number of rotatable bonds is 7. The molecule has 1 aromatic heterocycles. The lowest BCUT2D eigenvalue weighted by atomic mass is 9.83. The van der Waals surface area contributed by atoms with Gasteiger partial charge in [-0.1, -0.05) is 31.4 Å². The Balaban J connectivity index is 1.21. The van der Waals surface area contributed by atoms with Crippen LogP contribution in [0.4, 0.5) is 20.7 Å². The van der Waals surface area contributed by atoms with Crippen LogP contribution >= 0.6 is 0 Å². The highest BCUT2D eigenvalue weighted by molar-refractivity contribution is 6.16. The highest BCUT2D eigenvalue weighted by atomic mass is 19.1. The van der Waals surface area contributed by atoms with Crippen molar-refractivity contribution in [3.63, 3.8) is 0 Å². The Morgan fingerprint density at radius 1 is 1.03 bits per heavy atom. The second-order valence-electron chi connectivity index (χ2n) is 11.2. The van der Waals surface area contributed by atoms with Crippen molar-refractivity contribution in [1.29, 1.82) is 0 Å². The summed E-state index contributed by atoms with van der Waals surface area (Å²) < 4.78 is 14.2. The van der Waals surface area contributed by atoms with Crippen molar-refractivity contribution in [1.82, 2.24) is 15.2 Å². The number of halogens is 1. The minimum Gasteiger partial charge on any atom is -0.370 e. The van der Waals surface area contributed by atoms with Crippen molar-refractivity contribution < 1.29 is 9.18 Å². The lowest BCUT2D eigenvalue weighted by Gasteiger charge is -2.45. The van der Waals surface area contributed by atoms with E-state index in [0.29, 0.717) is 11.7 Å². The molecule has 2 saturated carbocycles. The van der Waals surface area contributed by atoms with Crippen LogP contribution in [0.15, 0.2) is 47.6 Å². The zero-order chi connectivity index (χ0) is 25.2. The number of pyridine rings is 1. The largest absolute Gasteiger partial charge is 0.370 e. The van der Waals surface area contributed by atoms with Gasteiger partial charge in [-0.25, -0.2) is 14.2 Å². The third-order valence-corrected chi connectivity index (χ3v) is 8.50. The highest BCUT2D eigenvalue weighted by Gasteiger charge is 2.52. The van der Waals surface area contributed by atoms with Crippen LogP contribution in [-0.4, -0.2) is 53.0 Å². The molecule has 6 rings (SSSR count). The van der Waals surface area contributed by atoms with Gasteiger partial charge in [-0.15, -0.1) is 0 Å². The van der Waals surface area contributed by atoms with E-state index in [1.165, 1.54) is 49.8 Å². The molecule has 7 nitrogen and oxygen atoms in total. The zero-order valence-corrected chi connectivity index (χ0v) is 21.5. The lowest BCUT2D eigenvalue weighted by Crippen LogP contribution is -2.62. The topological polar surface area (TPSA) is 72.9 Å². The van der Waals surface area contributed by atoms with Crippen molar-refractivity contribution in [2.24, 2.45) is 10.9 Å². The van der Waals surface area contributed by atoms with Gasteiger partial charge in [-0.2, -0.15) is 4.99 Å². The van der Waals surface area contributed by atoms with Gasteiger partial charge in [-0.3, -0.25) is 9.80 Å². The second-order valence-corrected chi connectivity index (χ2v) is 11.2. The molecule has 2 N–H and O–H groups in total. The van der Waals surface area contributed by atoms with Gasteiger partial charge in [0.25, 0.3) is 0 Å². The molecule has 0 atom stereocenters. The molecule has 2 aromatic rings. The van der Waals surface area contributed by atoms with Crippen molar-refractivity contribution in [3.8, 4) is 0 Å². The van der Waals surface area contributed by atoms with Gasteiger partial charge in [-0.05, 0) is 68.7 Å². The van der Waals surface area contributed by atoms with Crippen LogP contribution in [0.5, 0.6) is 0 Å². The molecule has 37 heavy (non-hydrogen) atoms. The molecule has 0 radical (unpaired) electrons. The maximum atomic E-state index is 14.2. The molecule has 2 aliphatic carbocycles. The van der Waals surface area contributed by atoms with Crippen LogP contribution in [0.3, 0.4) is 0 Å². The second kappa shape index (κ2) is 10.4. The number of benzene rings is 1. The first-order valence-electron chi connectivity index (χ1n) is 14.0. The number of carbonyl (C=O) groups is 1. The quantitative estimate of drug-likeness (QED) is 0.533. The first-order chi connectivity index (χ1) is 18.1.